The summed E-state index contributed by atoms with van der Waals surface area (Å²) in [5.41, 5.74) is 2.63. The fourth-order valence-corrected chi connectivity index (χ4v) is 2.84. The molecule has 144 valence electrons. The standard InChI is InChI=1S/C20H24Cl2N4O/c1-4-23-20(25-13-16-9-10-17(21)11-18(16)22)24-12-14-5-7-15(8-6-14)19(27)26(2)3/h5-11H,4,12-13H2,1-3H3,(H2,23,24,25). The zero-order chi connectivity index (χ0) is 19.8. The number of amides is 1. The number of hydrogen-bond donors (Lipinski definition) is 2. The van der Waals surface area contributed by atoms with E-state index in [1.807, 2.05) is 43.3 Å². The van der Waals surface area contributed by atoms with Gasteiger partial charge in [0.05, 0.1) is 6.54 Å². The Balaban J connectivity index is 2.01. The predicted octanol–water partition coefficient (Wildman–Crippen LogP) is 3.95. The second-order valence-corrected chi connectivity index (χ2v) is 7.02. The average Bonchev–Trinajstić information content (AvgIpc) is 2.65. The monoisotopic (exact) mass is 406 g/mol. The van der Waals surface area contributed by atoms with E-state index in [4.69, 9.17) is 23.2 Å². The topological polar surface area (TPSA) is 56.7 Å². The highest BCUT2D eigenvalue weighted by atomic mass is 35.5. The highest BCUT2D eigenvalue weighted by Gasteiger charge is 2.07. The molecule has 0 aromatic heterocycles. The van der Waals surface area contributed by atoms with Gasteiger partial charge in [0.2, 0.25) is 0 Å². The van der Waals surface area contributed by atoms with Gasteiger partial charge < -0.3 is 15.5 Å². The fourth-order valence-electron chi connectivity index (χ4n) is 2.37. The van der Waals surface area contributed by atoms with Crippen LogP contribution in [0.3, 0.4) is 0 Å². The molecule has 0 heterocycles. The summed E-state index contributed by atoms with van der Waals surface area (Å²) in [5.74, 6) is 0.678. The number of benzene rings is 2. The van der Waals surface area contributed by atoms with E-state index >= 15 is 0 Å². The van der Waals surface area contributed by atoms with Gasteiger partial charge in [-0.2, -0.15) is 0 Å². The van der Waals surface area contributed by atoms with E-state index in [1.54, 1.807) is 25.1 Å². The summed E-state index contributed by atoms with van der Waals surface area (Å²) in [6.07, 6.45) is 0. The van der Waals surface area contributed by atoms with E-state index in [1.165, 1.54) is 0 Å². The molecule has 2 rings (SSSR count). The molecule has 0 saturated heterocycles. The van der Waals surface area contributed by atoms with Crippen molar-refractivity contribution in [1.82, 2.24) is 15.5 Å². The van der Waals surface area contributed by atoms with E-state index in [-0.39, 0.29) is 5.91 Å². The molecule has 27 heavy (non-hydrogen) atoms. The van der Waals surface area contributed by atoms with Gasteiger partial charge in [0.15, 0.2) is 5.96 Å². The molecule has 5 nitrogen and oxygen atoms in total. The summed E-state index contributed by atoms with van der Waals surface area (Å²) in [4.78, 5) is 18.1. The molecule has 0 saturated carbocycles. The Kier molecular flexibility index (Phi) is 7.95. The third-order valence-corrected chi connectivity index (χ3v) is 4.42. The second kappa shape index (κ2) is 10.2. The number of nitrogens with zero attached hydrogens (tertiary/aromatic N) is 2. The number of rotatable bonds is 6. The third kappa shape index (κ3) is 6.45. The van der Waals surface area contributed by atoms with Gasteiger partial charge in [0.25, 0.3) is 5.91 Å². The molecule has 0 unspecified atom stereocenters. The lowest BCUT2D eigenvalue weighted by atomic mass is 10.1. The number of halogens is 2. The lowest BCUT2D eigenvalue weighted by Gasteiger charge is -2.13. The van der Waals surface area contributed by atoms with Crippen molar-refractivity contribution in [2.75, 3.05) is 20.6 Å². The minimum Gasteiger partial charge on any atom is -0.357 e. The van der Waals surface area contributed by atoms with Crippen LogP contribution in [-0.4, -0.2) is 37.4 Å². The van der Waals surface area contributed by atoms with Crippen molar-refractivity contribution >= 4 is 35.1 Å². The zero-order valence-corrected chi connectivity index (χ0v) is 17.2. The van der Waals surface area contributed by atoms with Gasteiger partial charge in [-0.05, 0) is 42.3 Å². The Morgan fingerprint density at radius 3 is 2.37 bits per heavy atom. The van der Waals surface area contributed by atoms with E-state index in [9.17, 15) is 4.79 Å². The molecule has 2 N–H and O–H groups in total. The van der Waals surface area contributed by atoms with Crippen molar-refractivity contribution in [1.29, 1.82) is 0 Å². The quantitative estimate of drug-likeness (QED) is 0.563. The minimum atomic E-state index is -0.0140. The first-order chi connectivity index (χ1) is 12.9. The Labute approximate surface area is 170 Å². The zero-order valence-electron chi connectivity index (χ0n) is 15.7. The lowest BCUT2D eigenvalue weighted by Crippen LogP contribution is -2.36. The maximum absolute atomic E-state index is 11.9. The van der Waals surface area contributed by atoms with Gasteiger partial charge in [0.1, 0.15) is 0 Å². The van der Waals surface area contributed by atoms with E-state index in [0.717, 1.165) is 17.7 Å². The van der Waals surface area contributed by atoms with Crippen LogP contribution in [0.15, 0.2) is 47.5 Å². The van der Waals surface area contributed by atoms with Gasteiger partial charge in [-0.1, -0.05) is 41.4 Å². The first-order valence-electron chi connectivity index (χ1n) is 8.67. The fraction of sp³-hybridized carbons (Fsp3) is 0.300. The van der Waals surface area contributed by atoms with Gasteiger partial charge >= 0.3 is 0 Å². The number of hydrogen-bond acceptors (Lipinski definition) is 2. The number of carbonyl (C=O) groups excluding carboxylic acids is 1. The lowest BCUT2D eigenvalue weighted by molar-refractivity contribution is 0.0827. The Morgan fingerprint density at radius 2 is 1.78 bits per heavy atom. The number of carbonyl (C=O) groups is 1. The van der Waals surface area contributed by atoms with Crippen LogP contribution in [-0.2, 0) is 13.1 Å². The summed E-state index contributed by atoms with van der Waals surface area (Å²) in [6.45, 7) is 3.79. The largest absolute Gasteiger partial charge is 0.357 e. The SMILES string of the molecule is CCNC(=NCc1ccc(C(=O)N(C)C)cc1)NCc1ccc(Cl)cc1Cl. The summed E-state index contributed by atoms with van der Waals surface area (Å²) in [7, 11) is 3.48. The Bertz CT molecular complexity index is 804. The van der Waals surface area contributed by atoms with Crippen molar-refractivity contribution in [3.63, 3.8) is 0 Å². The Hall–Kier alpha value is -2.24. The van der Waals surface area contributed by atoms with E-state index < -0.39 is 0 Å². The van der Waals surface area contributed by atoms with E-state index in [0.29, 0.717) is 34.7 Å². The van der Waals surface area contributed by atoms with Gasteiger partial charge in [0, 0.05) is 42.8 Å². The smallest absolute Gasteiger partial charge is 0.253 e. The second-order valence-electron chi connectivity index (χ2n) is 6.18. The molecule has 0 aliphatic rings. The van der Waals surface area contributed by atoms with Crippen molar-refractivity contribution < 1.29 is 4.79 Å². The normalized spacial score (nSPS) is 11.2. The molecule has 7 heteroatoms. The van der Waals surface area contributed by atoms with E-state index in [2.05, 4.69) is 15.6 Å². The van der Waals surface area contributed by atoms with Crippen molar-refractivity contribution in [2.45, 2.75) is 20.0 Å². The highest BCUT2D eigenvalue weighted by molar-refractivity contribution is 6.35. The predicted molar refractivity (Wildman–Crippen MR) is 113 cm³/mol. The van der Waals surface area contributed by atoms with Gasteiger partial charge in [-0.3, -0.25) is 4.79 Å². The van der Waals surface area contributed by atoms with Crippen LogP contribution >= 0.6 is 23.2 Å². The van der Waals surface area contributed by atoms with Crippen LogP contribution in [0, 0.1) is 0 Å². The van der Waals surface area contributed by atoms with Crippen molar-refractivity contribution in [2.24, 2.45) is 4.99 Å². The minimum absolute atomic E-state index is 0.0140. The first-order valence-corrected chi connectivity index (χ1v) is 9.43. The maximum Gasteiger partial charge on any atom is 0.253 e. The first kappa shape index (κ1) is 21.1. The molecule has 0 fully saturated rings. The van der Waals surface area contributed by atoms with Gasteiger partial charge in [-0.15, -0.1) is 0 Å². The molecule has 1 amide bonds. The number of nitrogens with one attached hydrogen (secondary N) is 2. The highest BCUT2D eigenvalue weighted by Crippen LogP contribution is 2.20. The van der Waals surface area contributed by atoms with Crippen molar-refractivity contribution in [3.05, 3.63) is 69.2 Å². The molecule has 0 aliphatic heterocycles. The van der Waals surface area contributed by atoms with Crippen LogP contribution in [0.1, 0.15) is 28.4 Å². The molecular weight excluding hydrogens is 383 g/mol. The summed E-state index contributed by atoms with van der Waals surface area (Å²) in [5, 5.41) is 7.70. The van der Waals surface area contributed by atoms with Crippen LogP contribution in [0.4, 0.5) is 0 Å². The summed E-state index contributed by atoms with van der Waals surface area (Å²) < 4.78 is 0. The van der Waals surface area contributed by atoms with Gasteiger partial charge in [-0.25, -0.2) is 4.99 Å². The third-order valence-electron chi connectivity index (χ3n) is 3.83. The average molecular weight is 407 g/mol. The summed E-state index contributed by atoms with van der Waals surface area (Å²) >= 11 is 12.1. The van der Waals surface area contributed by atoms with Crippen LogP contribution in [0.2, 0.25) is 10.0 Å². The van der Waals surface area contributed by atoms with Crippen LogP contribution in [0.5, 0.6) is 0 Å². The molecule has 2 aromatic rings. The Morgan fingerprint density at radius 1 is 1.07 bits per heavy atom. The number of guanidine groups is 1. The van der Waals surface area contributed by atoms with Crippen LogP contribution in [0.25, 0.3) is 0 Å². The summed E-state index contributed by atoms with van der Waals surface area (Å²) in [6, 6.07) is 12.9. The molecule has 0 aliphatic carbocycles. The van der Waals surface area contributed by atoms with Crippen LogP contribution < -0.4 is 10.6 Å². The molecular formula is C20H24Cl2N4O. The molecule has 0 bridgehead atoms. The molecule has 2 aromatic carbocycles. The maximum atomic E-state index is 11.9. The molecule has 0 spiro atoms. The number of aliphatic imine (C=N–C) groups is 1. The molecule has 0 atom stereocenters. The van der Waals surface area contributed by atoms with Crippen molar-refractivity contribution in [3.8, 4) is 0 Å². The molecule has 0 radical (unpaired) electrons.